The number of halogens is 2. The topological polar surface area (TPSA) is 38.9 Å². The van der Waals surface area contributed by atoms with E-state index in [9.17, 15) is 4.39 Å². The first kappa shape index (κ1) is 13.2. The third kappa shape index (κ3) is 2.57. The summed E-state index contributed by atoms with van der Waals surface area (Å²) in [6.07, 6.45) is 1.75. The average molecular weight is 331 g/mol. The highest BCUT2D eigenvalue weighted by molar-refractivity contribution is 9.10. The molecule has 1 aromatic heterocycles. The predicted octanol–water partition coefficient (Wildman–Crippen LogP) is 4.18. The van der Waals surface area contributed by atoms with Gasteiger partial charge in [0.25, 0.3) is 0 Å². The lowest BCUT2D eigenvalue weighted by Gasteiger charge is -2.14. The van der Waals surface area contributed by atoms with Crippen molar-refractivity contribution >= 4 is 26.8 Å². The van der Waals surface area contributed by atoms with Crippen LogP contribution >= 0.6 is 15.9 Å². The van der Waals surface area contributed by atoms with Crippen LogP contribution in [0.4, 0.5) is 4.39 Å². The second-order valence-corrected chi connectivity index (χ2v) is 5.55. The molecule has 0 aliphatic carbocycles. The molecular formula is C16H12BrFN2. The van der Waals surface area contributed by atoms with Gasteiger partial charge in [0.15, 0.2) is 0 Å². The highest BCUT2D eigenvalue weighted by atomic mass is 79.9. The molecule has 0 bridgehead atoms. The number of aromatic nitrogens is 1. The Morgan fingerprint density at radius 2 is 1.90 bits per heavy atom. The van der Waals surface area contributed by atoms with E-state index in [1.165, 1.54) is 12.1 Å². The fourth-order valence-corrected chi connectivity index (χ4v) is 2.71. The first-order valence-electron chi connectivity index (χ1n) is 6.20. The molecule has 4 heteroatoms. The highest BCUT2D eigenvalue weighted by Gasteiger charge is 2.11. The molecule has 3 aromatic rings. The number of hydrogen-bond acceptors (Lipinski definition) is 2. The number of pyridine rings is 1. The van der Waals surface area contributed by atoms with Crippen LogP contribution in [0.15, 0.2) is 59.2 Å². The molecule has 2 nitrogen and oxygen atoms in total. The smallest absolute Gasteiger partial charge is 0.124 e. The minimum absolute atomic E-state index is 0.302. The van der Waals surface area contributed by atoms with Gasteiger partial charge in [-0.15, -0.1) is 0 Å². The van der Waals surface area contributed by atoms with Crippen molar-refractivity contribution in [1.82, 2.24) is 4.98 Å². The molecule has 2 aromatic carbocycles. The van der Waals surface area contributed by atoms with Gasteiger partial charge in [-0.1, -0.05) is 34.1 Å². The summed E-state index contributed by atoms with van der Waals surface area (Å²) in [5.74, 6) is -0.302. The van der Waals surface area contributed by atoms with E-state index >= 15 is 0 Å². The summed E-state index contributed by atoms with van der Waals surface area (Å²) < 4.78 is 14.1. The lowest BCUT2D eigenvalue weighted by Crippen LogP contribution is -2.12. The summed E-state index contributed by atoms with van der Waals surface area (Å²) in [4.78, 5) is 4.31. The Morgan fingerprint density at radius 1 is 1.05 bits per heavy atom. The van der Waals surface area contributed by atoms with E-state index in [1.54, 1.807) is 6.20 Å². The van der Waals surface area contributed by atoms with E-state index in [2.05, 4.69) is 20.9 Å². The van der Waals surface area contributed by atoms with Crippen LogP contribution in [0, 0.1) is 5.82 Å². The van der Waals surface area contributed by atoms with E-state index in [-0.39, 0.29) is 11.9 Å². The van der Waals surface area contributed by atoms with Gasteiger partial charge in [-0.3, -0.25) is 4.98 Å². The van der Waals surface area contributed by atoms with Crippen LogP contribution in [-0.4, -0.2) is 4.98 Å². The molecule has 0 aliphatic heterocycles. The maximum atomic E-state index is 13.5. The maximum Gasteiger partial charge on any atom is 0.124 e. The van der Waals surface area contributed by atoms with Gasteiger partial charge in [0.05, 0.1) is 11.6 Å². The fourth-order valence-electron chi connectivity index (χ4n) is 2.22. The van der Waals surface area contributed by atoms with Crippen LogP contribution in [0.25, 0.3) is 10.9 Å². The van der Waals surface area contributed by atoms with Crippen LogP contribution in [0.1, 0.15) is 17.2 Å². The van der Waals surface area contributed by atoms with E-state index < -0.39 is 0 Å². The predicted molar refractivity (Wildman–Crippen MR) is 81.9 cm³/mol. The lowest BCUT2D eigenvalue weighted by atomic mass is 9.98. The zero-order valence-electron chi connectivity index (χ0n) is 10.6. The molecule has 0 fully saturated rings. The second-order valence-electron chi connectivity index (χ2n) is 4.64. The number of nitrogens with zero attached hydrogens (tertiary/aromatic N) is 1. The largest absolute Gasteiger partial charge is 0.320 e. The van der Waals surface area contributed by atoms with Crippen LogP contribution in [0.3, 0.4) is 0 Å². The van der Waals surface area contributed by atoms with Crippen molar-refractivity contribution in [1.29, 1.82) is 0 Å². The molecule has 1 heterocycles. The normalized spacial score (nSPS) is 12.6. The number of fused-ring (bicyclic) bond motifs is 1. The second kappa shape index (κ2) is 5.31. The van der Waals surface area contributed by atoms with Crippen molar-refractivity contribution in [2.75, 3.05) is 0 Å². The molecule has 2 N–H and O–H groups in total. The van der Waals surface area contributed by atoms with Crippen molar-refractivity contribution in [3.63, 3.8) is 0 Å². The van der Waals surface area contributed by atoms with Crippen LogP contribution < -0.4 is 5.73 Å². The summed E-state index contributed by atoms with van der Waals surface area (Å²) in [5, 5.41) is 1.06. The number of nitrogens with two attached hydrogens (primary N) is 1. The Hall–Kier alpha value is -1.78. The Labute approximate surface area is 124 Å². The Kier molecular flexibility index (Phi) is 3.51. The van der Waals surface area contributed by atoms with E-state index in [4.69, 9.17) is 5.73 Å². The van der Waals surface area contributed by atoms with Crippen LogP contribution in [0.2, 0.25) is 0 Å². The summed E-state index contributed by atoms with van der Waals surface area (Å²) in [5.41, 5.74) is 8.75. The van der Waals surface area contributed by atoms with Gasteiger partial charge >= 0.3 is 0 Å². The standard InChI is InChI=1S/C16H12BrFN2/c17-13-6-12(7-14(18)9-13)16(19)11-4-3-10-2-1-5-20-15(10)8-11/h1-9,16H,19H2. The monoisotopic (exact) mass is 330 g/mol. The molecule has 1 atom stereocenters. The molecule has 0 spiro atoms. The maximum absolute atomic E-state index is 13.5. The first-order valence-corrected chi connectivity index (χ1v) is 6.99. The Bertz CT molecular complexity index is 753. The van der Waals surface area contributed by atoms with Gasteiger partial charge in [-0.05, 0) is 41.5 Å². The molecule has 0 radical (unpaired) electrons. The summed E-state index contributed by atoms with van der Waals surface area (Å²) in [6, 6.07) is 14.1. The van der Waals surface area contributed by atoms with Gasteiger partial charge in [0.1, 0.15) is 5.82 Å². The summed E-state index contributed by atoms with van der Waals surface area (Å²) >= 11 is 3.29. The van der Waals surface area contributed by atoms with Crippen molar-refractivity contribution < 1.29 is 4.39 Å². The van der Waals surface area contributed by atoms with E-state index in [1.807, 2.05) is 36.4 Å². The third-order valence-corrected chi connectivity index (χ3v) is 3.69. The zero-order chi connectivity index (χ0) is 14.1. The Morgan fingerprint density at radius 3 is 2.70 bits per heavy atom. The average Bonchev–Trinajstić information content (AvgIpc) is 2.45. The number of hydrogen-bond donors (Lipinski definition) is 1. The van der Waals surface area contributed by atoms with Crippen molar-refractivity contribution in [3.05, 3.63) is 76.1 Å². The third-order valence-electron chi connectivity index (χ3n) is 3.23. The molecule has 20 heavy (non-hydrogen) atoms. The molecule has 3 rings (SSSR count). The quantitative estimate of drug-likeness (QED) is 0.765. The minimum Gasteiger partial charge on any atom is -0.320 e. The first-order chi connectivity index (χ1) is 9.63. The van der Waals surface area contributed by atoms with Crippen LogP contribution in [-0.2, 0) is 0 Å². The van der Waals surface area contributed by atoms with Crippen molar-refractivity contribution in [3.8, 4) is 0 Å². The van der Waals surface area contributed by atoms with Gasteiger partial charge in [-0.25, -0.2) is 4.39 Å². The molecule has 0 saturated carbocycles. The minimum atomic E-state index is -0.381. The fraction of sp³-hybridized carbons (Fsp3) is 0.0625. The van der Waals surface area contributed by atoms with Gasteiger partial charge in [0.2, 0.25) is 0 Å². The SMILES string of the molecule is NC(c1cc(F)cc(Br)c1)c1ccc2cccnc2c1. The highest BCUT2D eigenvalue weighted by Crippen LogP contribution is 2.25. The molecule has 0 amide bonds. The molecule has 0 aliphatic rings. The van der Waals surface area contributed by atoms with Gasteiger partial charge in [0, 0.05) is 16.1 Å². The van der Waals surface area contributed by atoms with E-state index in [0.717, 1.165) is 22.0 Å². The molecular weight excluding hydrogens is 319 g/mol. The van der Waals surface area contributed by atoms with Gasteiger partial charge in [-0.2, -0.15) is 0 Å². The zero-order valence-corrected chi connectivity index (χ0v) is 12.1. The number of rotatable bonds is 2. The van der Waals surface area contributed by atoms with Crippen molar-refractivity contribution in [2.24, 2.45) is 5.73 Å². The van der Waals surface area contributed by atoms with Crippen molar-refractivity contribution in [2.45, 2.75) is 6.04 Å². The summed E-state index contributed by atoms with van der Waals surface area (Å²) in [6.45, 7) is 0. The lowest BCUT2D eigenvalue weighted by molar-refractivity contribution is 0.622. The summed E-state index contributed by atoms with van der Waals surface area (Å²) in [7, 11) is 0. The molecule has 1 unspecified atom stereocenters. The molecule has 100 valence electrons. The van der Waals surface area contributed by atoms with Gasteiger partial charge < -0.3 is 5.73 Å². The number of benzene rings is 2. The van der Waals surface area contributed by atoms with Crippen LogP contribution in [0.5, 0.6) is 0 Å². The van der Waals surface area contributed by atoms with E-state index in [0.29, 0.717) is 4.47 Å². The Balaban J connectivity index is 2.05. The molecule has 0 saturated heterocycles.